The Labute approximate surface area is 130 Å². The second kappa shape index (κ2) is 6.55. The van der Waals surface area contributed by atoms with Gasteiger partial charge in [0.2, 0.25) is 0 Å². The van der Waals surface area contributed by atoms with Crippen molar-refractivity contribution in [3.63, 3.8) is 0 Å². The summed E-state index contributed by atoms with van der Waals surface area (Å²) in [6, 6.07) is 0.881. The molecule has 3 nitrogen and oxygen atoms in total. The highest BCUT2D eigenvalue weighted by molar-refractivity contribution is 4.88. The standard InChI is InChI=1S/C18H34N2O/c1-18(2)8-7-17(21)15(13-18)14-19-9-11-20(12-10-19)16-5-3-4-6-16/h15-17,21H,3-14H2,1-2H3. The fourth-order valence-corrected chi connectivity index (χ4v) is 4.82. The van der Waals surface area contributed by atoms with Crippen LogP contribution in [0, 0.1) is 11.3 Å². The largest absolute Gasteiger partial charge is 0.393 e. The van der Waals surface area contributed by atoms with Crippen LogP contribution in [0.3, 0.4) is 0 Å². The fraction of sp³-hybridized carbons (Fsp3) is 1.00. The van der Waals surface area contributed by atoms with Gasteiger partial charge in [0.15, 0.2) is 0 Å². The first-order chi connectivity index (χ1) is 10.0. The summed E-state index contributed by atoms with van der Waals surface area (Å²) in [6.07, 6.45) is 9.04. The molecule has 0 radical (unpaired) electrons. The number of rotatable bonds is 3. The van der Waals surface area contributed by atoms with Gasteiger partial charge in [0, 0.05) is 38.8 Å². The smallest absolute Gasteiger partial charge is 0.0581 e. The molecule has 122 valence electrons. The van der Waals surface area contributed by atoms with Gasteiger partial charge in [-0.2, -0.15) is 0 Å². The van der Waals surface area contributed by atoms with Crippen LogP contribution in [0.5, 0.6) is 0 Å². The molecule has 2 aliphatic carbocycles. The summed E-state index contributed by atoms with van der Waals surface area (Å²) in [5, 5.41) is 10.3. The number of nitrogens with zero attached hydrogens (tertiary/aromatic N) is 2. The van der Waals surface area contributed by atoms with E-state index in [9.17, 15) is 5.11 Å². The van der Waals surface area contributed by atoms with E-state index in [2.05, 4.69) is 23.6 Å². The van der Waals surface area contributed by atoms with Gasteiger partial charge in [-0.3, -0.25) is 4.90 Å². The van der Waals surface area contributed by atoms with Crippen molar-refractivity contribution in [2.75, 3.05) is 32.7 Å². The monoisotopic (exact) mass is 294 g/mol. The molecule has 0 aromatic rings. The zero-order valence-electron chi connectivity index (χ0n) is 14.1. The SMILES string of the molecule is CC1(C)CCC(O)C(CN2CCN(C3CCCC3)CC2)C1. The van der Waals surface area contributed by atoms with Crippen molar-refractivity contribution >= 4 is 0 Å². The average molecular weight is 294 g/mol. The Hall–Kier alpha value is -0.120. The molecule has 1 heterocycles. The Kier molecular flexibility index (Phi) is 4.92. The van der Waals surface area contributed by atoms with Crippen molar-refractivity contribution in [1.82, 2.24) is 9.80 Å². The molecule has 3 heteroatoms. The Balaban J connectivity index is 1.46. The molecule has 3 rings (SSSR count). The van der Waals surface area contributed by atoms with E-state index < -0.39 is 0 Å². The number of hydrogen-bond acceptors (Lipinski definition) is 3. The van der Waals surface area contributed by atoms with Crippen LogP contribution in [0.2, 0.25) is 0 Å². The molecule has 2 unspecified atom stereocenters. The van der Waals surface area contributed by atoms with Gasteiger partial charge in [0.1, 0.15) is 0 Å². The molecule has 0 aromatic heterocycles. The molecule has 3 fully saturated rings. The second-order valence-electron chi connectivity index (χ2n) is 8.51. The third kappa shape index (κ3) is 4.00. The zero-order chi connectivity index (χ0) is 14.9. The molecule has 1 N–H and O–H groups in total. The summed E-state index contributed by atoms with van der Waals surface area (Å²) in [6.45, 7) is 10.8. The van der Waals surface area contributed by atoms with Crippen molar-refractivity contribution in [2.24, 2.45) is 11.3 Å². The summed E-state index contributed by atoms with van der Waals surface area (Å²) in [7, 11) is 0. The molecular formula is C18H34N2O. The minimum atomic E-state index is -0.0640. The van der Waals surface area contributed by atoms with Crippen LogP contribution in [0.15, 0.2) is 0 Å². The average Bonchev–Trinajstić information content (AvgIpc) is 2.98. The maximum Gasteiger partial charge on any atom is 0.0581 e. The third-order valence-corrected chi connectivity index (χ3v) is 6.22. The van der Waals surface area contributed by atoms with E-state index in [1.165, 1.54) is 64.7 Å². The highest BCUT2D eigenvalue weighted by atomic mass is 16.3. The number of aliphatic hydroxyl groups is 1. The molecule has 0 spiro atoms. The quantitative estimate of drug-likeness (QED) is 0.867. The summed E-state index contributed by atoms with van der Waals surface area (Å²) in [4.78, 5) is 5.34. The number of hydrogen-bond donors (Lipinski definition) is 1. The molecule has 1 aliphatic heterocycles. The van der Waals surface area contributed by atoms with Gasteiger partial charge < -0.3 is 10.0 Å². The van der Waals surface area contributed by atoms with E-state index in [1.54, 1.807) is 0 Å². The first kappa shape index (κ1) is 15.8. The van der Waals surface area contributed by atoms with E-state index in [0.717, 1.165) is 19.0 Å². The Morgan fingerprint density at radius 1 is 1.00 bits per heavy atom. The molecular weight excluding hydrogens is 260 g/mol. The lowest BCUT2D eigenvalue weighted by Gasteiger charge is -2.43. The summed E-state index contributed by atoms with van der Waals surface area (Å²) >= 11 is 0. The first-order valence-corrected chi connectivity index (χ1v) is 9.18. The van der Waals surface area contributed by atoms with E-state index in [0.29, 0.717) is 11.3 Å². The molecule has 1 saturated heterocycles. The van der Waals surface area contributed by atoms with Crippen molar-refractivity contribution in [1.29, 1.82) is 0 Å². The molecule has 2 saturated carbocycles. The van der Waals surface area contributed by atoms with E-state index in [4.69, 9.17) is 0 Å². The van der Waals surface area contributed by atoms with Gasteiger partial charge >= 0.3 is 0 Å². The minimum absolute atomic E-state index is 0.0640. The predicted molar refractivity (Wildman–Crippen MR) is 87.4 cm³/mol. The molecule has 0 aromatic carbocycles. The van der Waals surface area contributed by atoms with E-state index >= 15 is 0 Å². The van der Waals surface area contributed by atoms with Crippen LogP contribution >= 0.6 is 0 Å². The number of piperazine rings is 1. The summed E-state index contributed by atoms with van der Waals surface area (Å²) in [5.74, 6) is 0.492. The predicted octanol–water partition coefficient (Wildman–Crippen LogP) is 2.73. The van der Waals surface area contributed by atoms with Crippen LogP contribution in [0.1, 0.15) is 58.8 Å². The van der Waals surface area contributed by atoms with Gasteiger partial charge in [0.05, 0.1) is 6.10 Å². The van der Waals surface area contributed by atoms with Crippen molar-refractivity contribution in [3.05, 3.63) is 0 Å². The van der Waals surface area contributed by atoms with E-state index in [-0.39, 0.29) is 6.10 Å². The second-order valence-corrected chi connectivity index (χ2v) is 8.51. The highest BCUT2D eigenvalue weighted by Crippen LogP contribution is 2.39. The van der Waals surface area contributed by atoms with Crippen molar-refractivity contribution in [2.45, 2.75) is 70.9 Å². The van der Waals surface area contributed by atoms with Crippen molar-refractivity contribution in [3.8, 4) is 0 Å². The topological polar surface area (TPSA) is 26.7 Å². The first-order valence-electron chi connectivity index (χ1n) is 9.18. The molecule has 0 bridgehead atoms. The van der Waals surface area contributed by atoms with Crippen LogP contribution in [-0.4, -0.2) is 59.8 Å². The normalized spacial score (nSPS) is 36.1. The zero-order valence-corrected chi connectivity index (χ0v) is 14.1. The Bertz CT molecular complexity index is 330. The van der Waals surface area contributed by atoms with Gasteiger partial charge in [-0.25, -0.2) is 0 Å². The number of aliphatic hydroxyl groups excluding tert-OH is 1. The van der Waals surface area contributed by atoms with Crippen LogP contribution in [-0.2, 0) is 0 Å². The van der Waals surface area contributed by atoms with E-state index in [1.807, 2.05) is 0 Å². The molecule has 2 atom stereocenters. The Morgan fingerprint density at radius 2 is 1.67 bits per heavy atom. The van der Waals surface area contributed by atoms with Crippen molar-refractivity contribution < 1.29 is 5.11 Å². The van der Waals surface area contributed by atoms with Crippen LogP contribution in [0.4, 0.5) is 0 Å². The minimum Gasteiger partial charge on any atom is -0.393 e. The van der Waals surface area contributed by atoms with Crippen LogP contribution < -0.4 is 0 Å². The Morgan fingerprint density at radius 3 is 2.33 bits per heavy atom. The van der Waals surface area contributed by atoms with Gasteiger partial charge in [-0.05, 0) is 43.4 Å². The fourth-order valence-electron chi connectivity index (χ4n) is 4.82. The summed E-state index contributed by atoms with van der Waals surface area (Å²) < 4.78 is 0. The van der Waals surface area contributed by atoms with Gasteiger partial charge in [0.25, 0.3) is 0 Å². The molecule has 21 heavy (non-hydrogen) atoms. The third-order valence-electron chi connectivity index (χ3n) is 6.22. The van der Waals surface area contributed by atoms with Crippen LogP contribution in [0.25, 0.3) is 0 Å². The van der Waals surface area contributed by atoms with Gasteiger partial charge in [-0.15, -0.1) is 0 Å². The highest BCUT2D eigenvalue weighted by Gasteiger charge is 2.35. The maximum atomic E-state index is 10.3. The summed E-state index contributed by atoms with van der Waals surface area (Å²) in [5.41, 5.74) is 0.426. The molecule has 3 aliphatic rings. The lowest BCUT2D eigenvalue weighted by atomic mass is 9.70. The lowest BCUT2D eigenvalue weighted by molar-refractivity contribution is -0.00618. The maximum absolute atomic E-state index is 10.3. The lowest BCUT2D eigenvalue weighted by Crippen LogP contribution is -2.52. The van der Waals surface area contributed by atoms with Gasteiger partial charge in [-0.1, -0.05) is 26.7 Å². The molecule has 0 amide bonds.